The van der Waals surface area contributed by atoms with Gasteiger partial charge in [-0.1, -0.05) is 0 Å². The van der Waals surface area contributed by atoms with Gasteiger partial charge in [-0.15, -0.1) is 0 Å². The fourth-order valence-electron chi connectivity index (χ4n) is 2.09. The first-order valence-electron chi connectivity index (χ1n) is 8.27. The van der Waals surface area contributed by atoms with Gasteiger partial charge in [-0.05, 0) is 6.92 Å². The van der Waals surface area contributed by atoms with Gasteiger partial charge in [-0.3, -0.25) is 14.4 Å². The molecule has 0 aliphatic rings. The van der Waals surface area contributed by atoms with Crippen LogP contribution in [-0.2, 0) is 25.6 Å². The normalized spacial score (nSPS) is 15.0. The van der Waals surface area contributed by atoms with Crippen LogP contribution in [0.1, 0.15) is 12.6 Å². The second kappa shape index (κ2) is 11.3. The zero-order valence-corrected chi connectivity index (χ0v) is 16.0. The Balaban J connectivity index is 2.67. The molecule has 156 valence electrons. The number of carboxylic acid groups (broad SMARTS) is 1. The number of nitrogens with zero attached hydrogens (tertiary/aromatic N) is 1. The molecule has 0 aliphatic heterocycles. The molecule has 1 aromatic heterocycles. The molecule has 0 saturated heterocycles. The summed E-state index contributed by atoms with van der Waals surface area (Å²) in [6.45, 7) is 0.776. The maximum absolute atomic E-state index is 12.4. The minimum Gasteiger partial charge on any atom is -0.480 e. The van der Waals surface area contributed by atoms with Gasteiger partial charge in [0.25, 0.3) is 0 Å². The Morgan fingerprint density at radius 3 is 2.46 bits per heavy atom. The van der Waals surface area contributed by atoms with E-state index in [2.05, 4.69) is 38.5 Å². The van der Waals surface area contributed by atoms with Gasteiger partial charge >= 0.3 is 5.97 Å². The van der Waals surface area contributed by atoms with Gasteiger partial charge in [-0.25, -0.2) is 9.78 Å². The van der Waals surface area contributed by atoms with Crippen LogP contribution in [0.5, 0.6) is 0 Å². The van der Waals surface area contributed by atoms with Crippen molar-refractivity contribution >= 4 is 36.3 Å². The zero-order chi connectivity index (χ0) is 21.3. The molecule has 1 rings (SSSR count). The third-order valence-corrected chi connectivity index (χ3v) is 4.02. The summed E-state index contributed by atoms with van der Waals surface area (Å²) < 4.78 is 0. The molecule has 28 heavy (non-hydrogen) atoms. The third kappa shape index (κ3) is 7.54. The van der Waals surface area contributed by atoms with Crippen LogP contribution < -0.4 is 21.7 Å². The number of aromatic amines is 1. The van der Waals surface area contributed by atoms with Crippen LogP contribution in [0.2, 0.25) is 0 Å². The van der Waals surface area contributed by atoms with E-state index >= 15 is 0 Å². The maximum Gasteiger partial charge on any atom is 0.326 e. The fourth-order valence-corrected chi connectivity index (χ4v) is 2.25. The van der Waals surface area contributed by atoms with E-state index in [0.717, 1.165) is 0 Å². The molecular weight excluding hydrogens is 392 g/mol. The average Bonchev–Trinajstić information content (AvgIpc) is 3.15. The standard InChI is InChI=1S/C15H24N6O6S/c1-7(22)12(21-11(23)4-18-13(24)9(16)5-28)14(25)20-10(15(26)27)2-8-3-17-6-19-8/h3,6-7,9-10,12,22,28H,2,4-5,16H2,1H3,(H,17,19)(H,18,24)(H,20,25)(H,21,23)(H,26,27). The minimum atomic E-state index is -1.42. The predicted molar refractivity (Wildman–Crippen MR) is 100 cm³/mol. The summed E-state index contributed by atoms with van der Waals surface area (Å²) >= 11 is 3.86. The van der Waals surface area contributed by atoms with E-state index in [4.69, 9.17) is 5.73 Å². The van der Waals surface area contributed by atoms with Crippen molar-refractivity contribution in [3.63, 3.8) is 0 Å². The lowest BCUT2D eigenvalue weighted by molar-refractivity contribution is -0.143. The number of H-pyrrole nitrogens is 1. The SMILES string of the molecule is CC(O)C(NC(=O)CNC(=O)C(N)CS)C(=O)NC(Cc1cnc[nH]1)C(=O)O. The van der Waals surface area contributed by atoms with E-state index in [-0.39, 0.29) is 12.2 Å². The summed E-state index contributed by atoms with van der Waals surface area (Å²) in [5.74, 6) is -3.48. The lowest BCUT2D eigenvalue weighted by Gasteiger charge is -2.23. The molecule has 12 nitrogen and oxygen atoms in total. The van der Waals surface area contributed by atoms with Crippen LogP contribution in [0, 0.1) is 0 Å². The first kappa shape index (κ1) is 23.4. The highest BCUT2D eigenvalue weighted by molar-refractivity contribution is 7.80. The van der Waals surface area contributed by atoms with Crippen molar-refractivity contribution < 1.29 is 29.4 Å². The molecule has 0 aliphatic carbocycles. The molecule has 0 saturated carbocycles. The van der Waals surface area contributed by atoms with Crippen molar-refractivity contribution in [3.8, 4) is 0 Å². The first-order valence-corrected chi connectivity index (χ1v) is 8.91. The van der Waals surface area contributed by atoms with E-state index in [1.165, 1.54) is 19.4 Å². The monoisotopic (exact) mass is 416 g/mol. The van der Waals surface area contributed by atoms with Crippen LogP contribution in [0.25, 0.3) is 0 Å². The first-order chi connectivity index (χ1) is 13.1. The second-order valence-corrected chi connectivity index (χ2v) is 6.34. The molecule has 1 aromatic rings. The molecule has 4 atom stereocenters. The number of rotatable bonds is 11. The van der Waals surface area contributed by atoms with Crippen molar-refractivity contribution in [2.75, 3.05) is 12.3 Å². The number of carbonyl (C=O) groups excluding carboxylic acids is 3. The number of nitrogens with one attached hydrogen (secondary N) is 4. The Morgan fingerprint density at radius 2 is 1.96 bits per heavy atom. The van der Waals surface area contributed by atoms with Gasteiger partial charge in [0.15, 0.2) is 0 Å². The summed E-state index contributed by atoms with van der Waals surface area (Å²) in [5.41, 5.74) is 5.93. The number of hydrogen-bond acceptors (Lipinski definition) is 8. The van der Waals surface area contributed by atoms with E-state index < -0.39 is 54.5 Å². The van der Waals surface area contributed by atoms with Gasteiger partial charge in [0, 0.05) is 24.1 Å². The maximum atomic E-state index is 12.4. The van der Waals surface area contributed by atoms with Crippen molar-refractivity contribution in [3.05, 3.63) is 18.2 Å². The van der Waals surface area contributed by atoms with Crippen molar-refractivity contribution in [2.45, 2.75) is 37.6 Å². The minimum absolute atomic E-state index is 0.0702. The molecule has 0 bridgehead atoms. The van der Waals surface area contributed by atoms with Gasteiger partial charge in [0.05, 0.1) is 25.0 Å². The number of aliphatic hydroxyl groups excluding tert-OH is 1. The number of amides is 3. The quantitative estimate of drug-likeness (QED) is 0.172. The largest absolute Gasteiger partial charge is 0.480 e. The molecule has 4 unspecified atom stereocenters. The number of nitrogens with two attached hydrogens (primary N) is 1. The Kier molecular flexibility index (Phi) is 9.41. The highest BCUT2D eigenvalue weighted by Crippen LogP contribution is 2.01. The van der Waals surface area contributed by atoms with Gasteiger partial charge in [0.1, 0.15) is 12.1 Å². The Morgan fingerprint density at radius 1 is 1.29 bits per heavy atom. The molecule has 0 radical (unpaired) electrons. The number of aliphatic carboxylic acids is 1. The second-order valence-electron chi connectivity index (χ2n) is 5.97. The van der Waals surface area contributed by atoms with Gasteiger partial charge in [0.2, 0.25) is 17.7 Å². The number of aliphatic hydroxyl groups is 1. The van der Waals surface area contributed by atoms with E-state index in [1.54, 1.807) is 0 Å². The highest BCUT2D eigenvalue weighted by atomic mass is 32.1. The van der Waals surface area contributed by atoms with Crippen LogP contribution in [-0.4, -0.2) is 80.4 Å². The summed E-state index contributed by atoms with van der Waals surface area (Å²) in [6, 6.07) is -3.63. The van der Waals surface area contributed by atoms with E-state index in [1.807, 2.05) is 0 Å². The van der Waals surface area contributed by atoms with Gasteiger partial charge in [-0.2, -0.15) is 12.6 Å². The summed E-state index contributed by atoms with van der Waals surface area (Å²) in [7, 11) is 0. The molecule has 8 N–H and O–H groups in total. The fraction of sp³-hybridized carbons (Fsp3) is 0.533. The van der Waals surface area contributed by atoms with Crippen LogP contribution in [0.15, 0.2) is 12.5 Å². The Labute approximate surface area is 166 Å². The average molecular weight is 416 g/mol. The predicted octanol–water partition coefficient (Wildman–Crippen LogP) is -3.24. The zero-order valence-electron chi connectivity index (χ0n) is 15.1. The lowest BCUT2D eigenvalue weighted by atomic mass is 10.1. The number of aromatic nitrogens is 2. The number of thiol groups is 1. The third-order valence-electron chi connectivity index (χ3n) is 3.63. The topological polar surface area (TPSA) is 200 Å². The summed E-state index contributed by atoms with van der Waals surface area (Å²) in [6.07, 6.45) is 1.39. The summed E-state index contributed by atoms with van der Waals surface area (Å²) in [5, 5.41) is 25.8. The number of hydrogen-bond donors (Lipinski definition) is 8. The number of carbonyl (C=O) groups is 4. The molecule has 0 spiro atoms. The lowest BCUT2D eigenvalue weighted by Crippen LogP contribution is -2.57. The smallest absolute Gasteiger partial charge is 0.326 e. The molecule has 13 heteroatoms. The highest BCUT2D eigenvalue weighted by Gasteiger charge is 2.30. The van der Waals surface area contributed by atoms with Crippen LogP contribution in [0.3, 0.4) is 0 Å². The van der Waals surface area contributed by atoms with Crippen molar-refractivity contribution in [2.24, 2.45) is 5.73 Å². The molecule has 0 fully saturated rings. The molecule has 1 heterocycles. The number of carboxylic acids is 1. The van der Waals surface area contributed by atoms with Crippen molar-refractivity contribution in [1.82, 2.24) is 25.9 Å². The molecule has 3 amide bonds. The molecule has 0 aromatic carbocycles. The van der Waals surface area contributed by atoms with Crippen molar-refractivity contribution in [1.29, 1.82) is 0 Å². The Hall–Kier alpha value is -2.64. The van der Waals surface area contributed by atoms with Crippen LogP contribution in [0.4, 0.5) is 0 Å². The van der Waals surface area contributed by atoms with E-state index in [0.29, 0.717) is 5.69 Å². The molecular formula is C15H24N6O6S. The van der Waals surface area contributed by atoms with Gasteiger partial charge < -0.3 is 36.9 Å². The summed E-state index contributed by atoms with van der Waals surface area (Å²) in [4.78, 5) is 53.7. The van der Waals surface area contributed by atoms with E-state index in [9.17, 15) is 29.4 Å². The van der Waals surface area contributed by atoms with Crippen LogP contribution >= 0.6 is 12.6 Å². The number of imidazole rings is 1. The Bertz CT molecular complexity index is 683.